The van der Waals surface area contributed by atoms with Gasteiger partial charge in [0.25, 0.3) is 10.0 Å². The minimum atomic E-state index is -3.47. The Hall–Kier alpha value is -2.34. The standard InChI is InChI=1S/C15H14N2O3S/c18-12-7-5-11(6-8-12)9-10-16-15-13-3-1-2-4-14(13)21(19,20)17-15/h1-8,18H,9-10H2,(H,16,17). The van der Waals surface area contributed by atoms with Crippen molar-refractivity contribution < 1.29 is 13.5 Å². The van der Waals surface area contributed by atoms with Crippen LogP contribution in [0.3, 0.4) is 0 Å². The van der Waals surface area contributed by atoms with Crippen LogP contribution in [0.5, 0.6) is 5.75 Å². The Morgan fingerprint density at radius 3 is 2.52 bits per heavy atom. The Balaban J connectivity index is 1.78. The van der Waals surface area contributed by atoms with Gasteiger partial charge in [-0.05, 0) is 36.2 Å². The molecule has 1 aliphatic heterocycles. The highest BCUT2D eigenvalue weighted by molar-refractivity contribution is 7.90. The van der Waals surface area contributed by atoms with Gasteiger partial charge in [-0.3, -0.25) is 9.71 Å². The Bertz CT molecular complexity index is 796. The normalized spacial score (nSPS) is 17.4. The monoisotopic (exact) mass is 302 g/mol. The first-order valence-corrected chi connectivity index (χ1v) is 7.99. The van der Waals surface area contributed by atoms with Gasteiger partial charge >= 0.3 is 0 Å². The summed E-state index contributed by atoms with van der Waals surface area (Å²) < 4.78 is 26.3. The fraction of sp³-hybridized carbons (Fsp3) is 0.133. The van der Waals surface area contributed by atoms with Crippen LogP contribution in [0.2, 0.25) is 0 Å². The second-order valence-electron chi connectivity index (χ2n) is 4.75. The lowest BCUT2D eigenvalue weighted by Crippen LogP contribution is -2.22. The van der Waals surface area contributed by atoms with Crippen LogP contribution in [-0.4, -0.2) is 25.9 Å². The lowest BCUT2D eigenvalue weighted by Gasteiger charge is -2.01. The summed E-state index contributed by atoms with van der Waals surface area (Å²) in [6, 6.07) is 13.7. The Morgan fingerprint density at radius 2 is 1.76 bits per heavy atom. The molecule has 0 radical (unpaired) electrons. The molecule has 6 heteroatoms. The maximum Gasteiger partial charge on any atom is 0.263 e. The zero-order valence-corrected chi connectivity index (χ0v) is 12.0. The third-order valence-electron chi connectivity index (χ3n) is 3.27. The summed E-state index contributed by atoms with van der Waals surface area (Å²) >= 11 is 0. The summed E-state index contributed by atoms with van der Waals surface area (Å²) in [5.74, 6) is 0.618. The summed E-state index contributed by atoms with van der Waals surface area (Å²) in [5.41, 5.74) is 1.65. The molecule has 0 amide bonds. The van der Waals surface area contributed by atoms with Crippen molar-refractivity contribution in [3.05, 3.63) is 59.7 Å². The number of aromatic hydroxyl groups is 1. The van der Waals surface area contributed by atoms with Gasteiger partial charge in [-0.25, -0.2) is 8.42 Å². The van der Waals surface area contributed by atoms with Crippen LogP contribution in [0.25, 0.3) is 0 Å². The van der Waals surface area contributed by atoms with E-state index in [4.69, 9.17) is 0 Å². The van der Waals surface area contributed by atoms with Gasteiger partial charge in [0.2, 0.25) is 0 Å². The summed E-state index contributed by atoms with van der Waals surface area (Å²) in [6.07, 6.45) is 0.674. The molecular formula is C15H14N2O3S. The summed E-state index contributed by atoms with van der Waals surface area (Å²) in [4.78, 5) is 4.61. The van der Waals surface area contributed by atoms with Crippen molar-refractivity contribution in [2.75, 3.05) is 6.54 Å². The summed E-state index contributed by atoms with van der Waals surface area (Å²) in [7, 11) is -3.47. The molecule has 0 spiro atoms. The number of sulfonamides is 1. The predicted molar refractivity (Wildman–Crippen MR) is 80.0 cm³/mol. The van der Waals surface area contributed by atoms with Crippen molar-refractivity contribution in [3.8, 4) is 5.75 Å². The van der Waals surface area contributed by atoms with Gasteiger partial charge in [0.05, 0.1) is 4.90 Å². The molecule has 0 unspecified atom stereocenters. The van der Waals surface area contributed by atoms with Gasteiger partial charge in [0.1, 0.15) is 11.6 Å². The number of nitrogens with zero attached hydrogens (tertiary/aromatic N) is 1. The SMILES string of the molecule is O=S1(=O)NC(=NCCc2ccc(O)cc2)c2ccccc21. The third-order valence-corrected chi connectivity index (χ3v) is 4.67. The van der Waals surface area contributed by atoms with E-state index in [1.54, 1.807) is 36.4 Å². The second-order valence-corrected chi connectivity index (χ2v) is 6.40. The maximum absolute atomic E-state index is 11.9. The van der Waals surface area contributed by atoms with Crippen molar-refractivity contribution in [2.45, 2.75) is 11.3 Å². The van der Waals surface area contributed by atoms with Crippen molar-refractivity contribution in [2.24, 2.45) is 4.99 Å². The van der Waals surface area contributed by atoms with Gasteiger partial charge in [-0.1, -0.05) is 24.3 Å². The van der Waals surface area contributed by atoms with Gasteiger partial charge in [0, 0.05) is 12.1 Å². The molecule has 0 aromatic heterocycles. The number of benzene rings is 2. The number of hydrogen-bond acceptors (Lipinski definition) is 4. The zero-order chi connectivity index (χ0) is 14.9. The summed E-state index contributed by atoms with van der Waals surface area (Å²) in [5, 5.41) is 9.22. The number of hydrogen-bond donors (Lipinski definition) is 2. The van der Waals surface area contributed by atoms with E-state index < -0.39 is 10.0 Å². The number of rotatable bonds is 3. The minimum absolute atomic E-state index is 0.225. The Morgan fingerprint density at radius 1 is 1.05 bits per heavy atom. The van der Waals surface area contributed by atoms with Crippen LogP contribution in [0.1, 0.15) is 11.1 Å². The number of amidine groups is 1. The number of nitrogens with one attached hydrogen (secondary N) is 1. The molecule has 0 aliphatic carbocycles. The molecule has 5 nitrogen and oxygen atoms in total. The number of aliphatic imine (C=N–C) groups is 1. The molecule has 108 valence electrons. The van der Waals surface area contributed by atoms with Crippen LogP contribution < -0.4 is 4.72 Å². The molecule has 1 heterocycles. The fourth-order valence-corrected chi connectivity index (χ4v) is 3.46. The minimum Gasteiger partial charge on any atom is -0.508 e. The molecule has 2 aromatic rings. The van der Waals surface area contributed by atoms with Crippen LogP contribution in [-0.2, 0) is 16.4 Å². The molecule has 21 heavy (non-hydrogen) atoms. The average Bonchev–Trinajstić information content (AvgIpc) is 2.73. The Labute approximate surface area is 123 Å². The van der Waals surface area contributed by atoms with Crippen molar-refractivity contribution >= 4 is 15.9 Å². The van der Waals surface area contributed by atoms with Crippen molar-refractivity contribution in [1.29, 1.82) is 0 Å². The second kappa shape index (κ2) is 5.21. The zero-order valence-electron chi connectivity index (χ0n) is 11.2. The summed E-state index contributed by atoms with van der Waals surface area (Å²) in [6.45, 7) is 0.469. The topological polar surface area (TPSA) is 78.8 Å². The lowest BCUT2D eigenvalue weighted by atomic mass is 10.1. The largest absolute Gasteiger partial charge is 0.508 e. The highest BCUT2D eigenvalue weighted by Crippen LogP contribution is 2.22. The van der Waals surface area contributed by atoms with Gasteiger partial charge in [0.15, 0.2) is 0 Å². The third kappa shape index (κ3) is 2.75. The van der Waals surface area contributed by atoms with Gasteiger partial charge < -0.3 is 5.11 Å². The van der Waals surface area contributed by atoms with E-state index in [1.807, 2.05) is 12.1 Å². The number of phenols is 1. The number of phenolic OH excluding ortho intramolecular Hbond substituents is 1. The Kier molecular flexibility index (Phi) is 3.39. The van der Waals surface area contributed by atoms with E-state index in [2.05, 4.69) is 9.71 Å². The maximum atomic E-state index is 11.9. The quantitative estimate of drug-likeness (QED) is 0.905. The first-order valence-electron chi connectivity index (χ1n) is 6.51. The average molecular weight is 302 g/mol. The fourth-order valence-electron chi connectivity index (χ4n) is 2.21. The van der Waals surface area contributed by atoms with E-state index in [0.29, 0.717) is 24.4 Å². The molecule has 0 atom stereocenters. The highest BCUT2D eigenvalue weighted by Gasteiger charge is 2.29. The molecule has 3 rings (SSSR count). The van der Waals surface area contributed by atoms with E-state index in [-0.39, 0.29) is 10.6 Å². The molecular weight excluding hydrogens is 288 g/mol. The van der Waals surface area contributed by atoms with E-state index in [0.717, 1.165) is 5.56 Å². The van der Waals surface area contributed by atoms with Crippen LogP contribution in [0, 0.1) is 0 Å². The molecule has 0 fully saturated rings. The van der Waals surface area contributed by atoms with E-state index >= 15 is 0 Å². The van der Waals surface area contributed by atoms with Crippen molar-refractivity contribution in [3.63, 3.8) is 0 Å². The number of fused-ring (bicyclic) bond motifs is 1. The molecule has 0 bridgehead atoms. The molecule has 2 aromatic carbocycles. The first kappa shape index (κ1) is 13.6. The molecule has 0 saturated carbocycles. The molecule has 1 aliphatic rings. The van der Waals surface area contributed by atoms with Crippen LogP contribution in [0.4, 0.5) is 0 Å². The van der Waals surface area contributed by atoms with Crippen LogP contribution in [0.15, 0.2) is 58.4 Å². The first-order chi connectivity index (χ1) is 10.1. The molecule has 2 N–H and O–H groups in total. The molecule has 0 saturated heterocycles. The predicted octanol–water partition coefficient (Wildman–Crippen LogP) is 1.67. The van der Waals surface area contributed by atoms with E-state index in [1.165, 1.54) is 0 Å². The lowest BCUT2D eigenvalue weighted by molar-refractivity contribution is 0.475. The van der Waals surface area contributed by atoms with Crippen LogP contribution >= 0.6 is 0 Å². The van der Waals surface area contributed by atoms with Gasteiger partial charge in [-0.2, -0.15) is 0 Å². The smallest absolute Gasteiger partial charge is 0.263 e. The van der Waals surface area contributed by atoms with Gasteiger partial charge in [-0.15, -0.1) is 0 Å². The van der Waals surface area contributed by atoms with E-state index in [9.17, 15) is 13.5 Å². The van der Waals surface area contributed by atoms with Crippen molar-refractivity contribution in [1.82, 2.24) is 4.72 Å². The highest BCUT2D eigenvalue weighted by atomic mass is 32.2.